The quantitative estimate of drug-likeness (QED) is 0.648. The highest BCUT2D eigenvalue weighted by Crippen LogP contribution is 2.31. The SMILES string of the molecule is CCc1n[nH]c(=S)n1/N=C/c1cc(Br)c(OC)cc1OC. The molecule has 0 unspecified atom stereocenters. The zero-order valence-electron chi connectivity index (χ0n) is 11.9. The van der Waals surface area contributed by atoms with Crippen molar-refractivity contribution in [2.45, 2.75) is 13.3 Å². The molecule has 0 aliphatic rings. The van der Waals surface area contributed by atoms with E-state index in [4.69, 9.17) is 21.7 Å². The number of hydrogen-bond donors (Lipinski definition) is 1. The van der Waals surface area contributed by atoms with Crippen LogP contribution in [0.15, 0.2) is 21.7 Å². The lowest BCUT2D eigenvalue weighted by Crippen LogP contribution is -1.99. The highest BCUT2D eigenvalue weighted by molar-refractivity contribution is 9.10. The van der Waals surface area contributed by atoms with Gasteiger partial charge >= 0.3 is 0 Å². The van der Waals surface area contributed by atoms with E-state index in [1.54, 1.807) is 31.2 Å². The molecule has 112 valence electrons. The van der Waals surface area contributed by atoms with E-state index in [0.717, 1.165) is 22.3 Å². The lowest BCUT2D eigenvalue weighted by Gasteiger charge is -2.09. The molecule has 8 heteroatoms. The summed E-state index contributed by atoms with van der Waals surface area (Å²) in [5, 5.41) is 11.2. The van der Waals surface area contributed by atoms with Gasteiger partial charge in [-0.3, -0.25) is 5.10 Å². The van der Waals surface area contributed by atoms with Gasteiger partial charge in [-0.05, 0) is 34.2 Å². The Labute approximate surface area is 135 Å². The second kappa shape index (κ2) is 6.86. The second-order valence-corrected chi connectivity index (χ2v) is 5.32. The molecule has 21 heavy (non-hydrogen) atoms. The van der Waals surface area contributed by atoms with Gasteiger partial charge in [0.1, 0.15) is 11.5 Å². The van der Waals surface area contributed by atoms with Crippen LogP contribution in [0.5, 0.6) is 11.5 Å². The molecule has 1 N–H and O–H groups in total. The van der Waals surface area contributed by atoms with Gasteiger partial charge in [-0.15, -0.1) is 0 Å². The summed E-state index contributed by atoms with van der Waals surface area (Å²) in [4.78, 5) is 0. The number of H-pyrrole nitrogens is 1. The summed E-state index contributed by atoms with van der Waals surface area (Å²) in [6.45, 7) is 1.99. The Hall–Kier alpha value is -1.67. The summed E-state index contributed by atoms with van der Waals surface area (Å²) < 4.78 is 13.5. The van der Waals surface area contributed by atoms with Crippen LogP contribution in [0.25, 0.3) is 0 Å². The number of nitrogens with one attached hydrogen (secondary N) is 1. The fraction of sp³-hybridized carbons (Fsp3) is 0.308. The van der Waals surface area contributed by atoms with E-state index in [-0.39, 0.29) is 0 Å². The van der Waals surface area contributed by atoms with Crippen molar-refractivity contribution in [3.8, 4) is 11.5 Å². The largest absolute Gasteiger partial charge is 0.496 e. The third-order valence-electron chi connectivity index (χ3n) is 2.85. The molecule has 0 saturated heterocycles. The third-order valence-corrected chi connectivity index (χ3v) is 3.73. The Kier molecular flexibility index (Phi) is 5.13. The van der Waals surface area contributed by atoms with Crippen LogP contribution in [0.1, 0.15) is 18.3 Å². The van der Waals surface area contributed by atoms with Crippen LogP contribution in [-0.4, -0.2) is 35.3 Å². The van der Waals surface area contributed by atoms with Gasteiger partial charge in [-0.25, -0.2) is 0 Å². The first-order valence-electron chi connectivity index (χ1n) is 6.22. The van der Waals surface area contributed by atoms with Gasteiger partial charge in [-0.1, -0.05) is 6.92 Å². The molecule has 0 atom stereocenters. The maximum Gasteiger partial charge on any atom is 0.216 e. The van der Waals surface area contributed by atoms with Crippen LogP contribution < -0.4 is 9.47 Å². The molecule has 0 aliphatic heterocycles. The van der Waals surface area contributed by atoms with Gasteiger partial charge in [0.05, 0.1) is 24.9 Å². The first kappa shape index (κ1) is 15.7. The van der Waals surface area contributed by atoms with Crippen molar-refractivity contribution >= 4 is 34.4 Å². The molecular weight excluding hydrogens is 356 g/mol. The number of rotatable bonds is 5. The minimum atomic E-state index is 0.453. The van der Waals surface area contributed by atoms with Crippen molar-refractivity contribution in [2.24, 2.45) is 5.10 Å². The highest BCUT2D eigenvalue weighted by Gasteiger charge is 2.08. The van der Waals surface area contributed by atoms with E-state index in [0.29, 0.717) is 16.3 Å². The summed E-state index contributed by atoms with van der Waals surface area (Å²) in [5.74, 6) is 2.12. The Bertz CT molecular complexity index is 723. The second-order valence-electron chi connectivity index (χ2n) is 4.08. The number of ether oxygens (including phenoxy) is 2. The van der Waals surface area contributed by atoms with Crippen LogP contribution in [0.3, 0.4) is 0 Å². The molecule has 0 radical (unpaired) electrons. The molecule has 1 aromatic carbocycles. The standard InChI is InChI=1S/C13H15BrN4O2S/c1-4-12-16-17-13(21)18(12)15-7-8-5-9(14)11(20-3)6-10(8)19-2/h5-7H,4H2,1-3H3,(H,17,21)/b15-7+. The molecule has 0 spiro atoms. The number of hydrogen-bond acceptors (Lipinski definition) is 5. The smallest absolute Gasteiger partial charge is 0.216 e. The maximum absolute atomic E-state index is 5.35. The van der Waals surface area contributed by atoms with Crippen molar-refractivity contribution in [1.82, 2.24) is 14.9 Å². The predicted octanol–water partition coefficient (Wildman–Crippen LogP) is 3.16. The van der Waals surface area contributed by atoms with E-state index >= 15 is 0 Å². The zero-order valence-corrected chi connectivity index (χ0v) is 14.3. The molecule has 0 amide bonds. The lowest BCUT2D eigenvalue weighted by atomic mass is 10.2. The van der Waals surface area contributed by atoms with Gasteiger partial charge in [0.2, 0.25) is 4.77 Å². The maximum atomic E-state index is 5.35. The molecule has 1 aromatic heterocycles. The van der Waals surface area contributed by atoms with E-state index in [2.05, 4.69) is 31.2 Å². The van der Waals surface area contributed by atoms with Crippen molar-refractivity contribution in [1.29, 1.82) is 0 Å². The lowest BCUT2D eigenvalue weighted by molar-refractivity contribution is 0.392. The van der Waals surface area contributed by atoms with E-state index < -0.39 is 0 Å². The van der Waals surface area contributed by atoms with Crippen molar-refractivity contribution in [3.63, 3.8) is 0 Å². The molecule has 1 heterocycles. The molecule has 0 aliphatic carbocycles. The Morgan fingerprint density at radius 1 is 1.38 bits per heavy atom. The summed E-state index contributed by atoms with van der Waals surface area (Å²) in [5.41, 5.74) is 0.801. The van der Waals surface area contributed by atoms with Crippen LogP contribution in [-0.2, 0) is 6.42 Å². The number of benzene rings is 1. The van der Waals surface area contributed by atoms with Crippen LogP contribution in [0, 0.1) is 4.77 Å². The fourth-order valence-electron chi connectivity index (χ4n) is 1.78. The summed E-state index contributed by atoms with van der Waals surface area (Å²) in [6.07, 6.45) is 2.40. The van der Waals surface area contributed by atoms with E-state index in [1.165, 1.54) is 0 Å². The highest BCUT2D eigenvalue weighted by atomic mass is 79.9. The number of aromatic nitrogens is 3. The molecule has 6 nitrogen and oxygen atoms in total. The molecule has 2 rings (SSSR count). The summed E-state index contributed by atoms with van der Waals surface area (Å²) in [7, 11) is 3.20. The average molecular weight is 371 g/mol. The third kappa shape index (κ3) is 3.33. The molecule has 0 saturated carbocycles. The van der Waals surface area contributed by atoms with Gasteiger partial charge in [0.15, 0.2) is 5.82 Å². The number of halogens is 1. The molecule has 0 fully saturated rings. The Morgan fingerprint density at radius 3 is 2.71 bits per heavy atom. The minimum absolute atomic E-state index is 0.453. The number of aromatic amines is 1. The monoisotopic (exact) mass is 370 g/mol. The number of aryl methyl sites for hydroxylation is 1. The predicted molar refractivity (Wildman–Crippen MR) is 87.0 cm³/mol. The Balaban J connectivity index is 2.43. The van der Waals surface area contributed by atoms with Crippen molar-refractivity contribution < 1.29 is 9.47 Å². The first-order valence-corrected chi connectivity index (χ1v) is 7.43. The van der Waals surface area contributed by atoms with E-state index in [1.807, 2.05) is 13.0 Å². The van der Waals surface area contributed by atoms with Crippen molar-refractivity contribution in [3.05, 3.63) is 32.8 Å². The molecular formula is C13H15BrN4O2S. The normalized spacial score (nSPS) is 11.0. The average Bonchev–Trinajstić information content (AvgIpc) is 2.85. The zero-order chi connectivity index (χ0) is 15.4. The van der Waals surface area contributed by atoms with Gasteiger partial charge in [0.25, 0.3) is 0 Å². The number of nitrogens with zero attached hydrogens (tertiary/aromatic N) is 3. The van der Waals surface area contributed by atoms with Crippen LogP contribution in [0.2, 0.25) is 0 Å². The van der Waals surface area contributed by atoms with Crippen LogP contribution in [0.4, 0.5) is 0 Å². The molecule has 2 aromatic rings. The van der Waals surface area contributed by atoms with E-state index in [9.17, 15) is 0 Å². The summed E-state index contributed by atoms with van der Waals surface area (Å²) >= 11 is 8.60. The van der Waals surface area contributed by atoms with Gasteiger partial charge in [-0.2, -0.15) is 14.9 Å². The van der Waals surface area contributed by atoms with Gasteiger partial charge in [0, 0.05) is 18.1 Å². The fourth-order valence-corrected chi connectivity index (χ4v) is 2.50. The van der Waals surface area contributed by atoms with Crippen LogP contribution >= 0.6 is 28.1 Å². The topological polar surface area (TPSA) is 64.4 Å². The molecule has 0 bridgehead atoms. The number of methoxy groups -OCH3 is 2. The Morgan fingerprint density at radius 2 is 2.10 bits per heavy atom. The minimum Gasteiger partial charge on any atom is -0.496 e. The van der Waals surface area contributed by atoms with Gasteiger partial charge < -0.3 is 9.47 Å². The first-order chi connectivity index (χ1) is 10.1. The summed E-state index contributed by atoms with van der Waals surface area (Å²) in [6, 6.07) is 3.66. The van der Waals surface area contributed by atoms with Crippen molar-refractivity contribution in [2.75, 3.05) is 14.2 Å².